The van der Waals surface area contributed by atoms with Crippen LogP contribution in [0, 0.1) is 10.1 Å². The van der Waals surface area contributed by atoms with Gasteiger partial charge in [0.15, 0.2) is 0 Å². The van der Waals surface area contributed by atoms with Crippen LogP contribution in [-0.4, -0.2) is 17.5 Å². The topological polar surface area (TPSA) is 67.2 Å². The normalized spacial score (nSPS) is 16.8. The Kier molecular flexibility index (Phi) is 3.41. The fourth-order valence-corrected chi connectivity index (χ4v) is 2.50. The summed E-state index contributed by atoms with van der Waals surface area (Å²) in [5.41, 5.74) is 1.36. The number of benzene rings is 1. The van der Waals surface area contributed by atoms with Crippen LogP contribution in [0.25, 0.3) is 0 Å². The van der Waals surface area contributed by atoms with Gasteiger partial charge in [-0.05, 0) is 37.8 Å². The van der Waals surface area contributed by atoms with Crippen LogP contribution in [0.1, 0.15) is 32.6 Å². The van der Waals surface area contributed by atoms with Gasteiger partial charge in [-0.2, -0.15) is 0 Å². The van der Waals surface area contributed by atoms with Crippen molar-refractivity contribution in [3.63, 3.8) is 0 Å². The summed E-state index contributed by atoms with van der Waals surface area (Å²) in [6.07, 6.45) is 4.36. The minimum atomic E-state index is -0.323. The SMILES string of the molecule is CCC1(Nc2cccc(NC)c2[N+](=O)[O-])CCC1. The number of nitrogens with zero attached hydrogens (tertiary/aromatic N) is 1. The van der Waals surface area contributed by atoms with Crippen LogP contribution in [0.15, 0.2) is 18.2 Å². The molecule has 98 valence electrons. The highest BCUT2D eigenvalue weighted by Crippen LogP contribution is 2.41. The predicted octanol–water partition coefficient (Wildman–Crippen LogP) is 3.38. The van der Waals surface area contributed by atoms with Gasteiger partial charge in [-0.1, -0.05) is 13.0 Å². The number of anilines is 2. The van der Waals surface area contributed by atoms with Crippen molar-refractivity contribution in [2.75, 3.05) is 17.7 Å². The summed E-state index contributed by atoms with van der Waals surface area (Å²) < 4.78 is 0. The first-order chi connectivity index (χ1) is 8.62. The molecule has 18 heavy (non-hydrogen) atoms. The van der Waals surface area contributed by atoms with E-state index in [-0.39, 0.29) is 16.1 Å². The van der Waals surface area contributed by atoms with Crippen molar-refractivity contribution >= 4 is 17.1 Å². The number of nitro benzene ring substituents is 1. The maximum atomic E-state index is 11.2. The summed E-state index contributed by atoms with van der Waals surface area (Å²) in [5, 5.41) is 17.5. The zero-order chi connectivity index (χ0) is 13.2. The van der Waals surface area contributed by atoms with Crippen molar-refractivity contribution in [2.45, 2.75) is 38.1 Å². The molecule has 2 N–H and O–H groups in total. The van der Waals surface area contributed by atoms with E-state index in [1.54, 1.807) is 19.2 Å². The van der Waals surface area contributed by atoms with E-state index in [9.17, 15) is 10.1 Å². The molecule has 1 aliphatic carbocycles. The maximum Gasteiger partial charge on any atom is 0.315 e. The van der Waals surface area contributed by atoms with Gasteiger partial charge in [-0.25, -0.2) is 0 Å². The number of nitrogens with one attached hydrogen (secondary N) is 2. The third-order valence-electron chi connectivity index (χ3n) is 3.88. The molecule has 0 aromatic heterocycles. The molecule has 0 heterocycles. The number of rotatable bonds is 5. The summed E-state index contributed by atoms with van der Waals surface area (Å²) in [4.78, 5) is 10.9. The fourth-order valence-electron chi connectivity index (χ4n) is 2.50. The highest BCUT2D eigenvalue weighted by Gasteiger charge is 2.36. The molecule has 1 aromatic carbocycles. The molecule has 0 bridgehead atoms. The van der Waals surface area contributed by atoms with Crippen LogP contribution in [0.3, 0.4) is 0 Å². The Hall–Kier alpha value is -1.78. The van der Waals surface area contributed by atoms with Gasteiger partial charge in [-0.15, -0.1) is 0 Å². The second-order valence-corrected chi connectivity index (χ2v) is 4.82. The Bertz CT molecular complexity index is 450. The number of nitro groups is 1. The minimum Gasteiger partial charge on any atom is -0.382 e. The van der Waals surface area contributed by atoms with E-state index in [1.165, 1.54) is 6.42 Å². The Morgan fingerprint density at radius 2 is 2.06 bits per heavy atom. The molecular formula is C13H19N3O2. The summed E-state index contributed by atoms with van der Waals surface area (Å²) in [5.74, 6) is 0. The van der Waals surface area contributed by atoms with Gasteiger partial charge in [0.25, 0.3) is 0 Å². The highest BCUT2D eigenvalue weighted by molar-refractivity contribution is 5.76. The van der Waals surface area contributed by atoms with Crippen molar-refractivity contribution in [3.8, 4) is 0 Å². The van der Waals surface area contributed by atoms with Crippen LogP contribution in [-0.2, 0) is 0 Å². The van der Waals surface area contributed by atoms with Crippen LogP contribution in [0.4, 0.5) is 17.1 Å². The summed E-state index contributed by atoms with van der Waals surface area (Å²) >= 11 is 0. The summed E-state index contributed by atoms with van der Waals surface area (Å²) in [6.45, 7) is 2.12. The van der Waals surface area contributed by atoms with Crippen LogP contribution >= 0.6 is 0 Å². The first-order valence-corrected chi connectivity index (χ1v) is 6.35. The van der Waals surface area contributed by atoms with Gasteiger partial charge in [0.05, 0.1) is 4.92 Å². The first kappa shape index (κ1) is 12.7. The van der Waals surface area contributed by atoms with E-state index in [4.69, 9.17) is 0 Å². The molecule has 0 atom stereocenters. The third-order valence-corrected chi connectivity index (χ3v) is 3.88. The van der Waals surface area contributed by atoms with Gasteiger partial charge in [-0.3, -0.25) is 10.1 Å². The smallest absolute Gasteiger partial charge is 0.315 e. The lowest BCUT2D eigenvalue weighted by molar-refractivity contribution is -0.383. The Morgan fingerprint density at radius 1 is 1.39 bits per heavy atom. The minimum absolute atomic E-state index is 0.0527. The molecule has 1 fully saturated rings. The molecule has 0 aliphatic heterocycles. The van der Waals surface area contributed by atoms with Crippen LogP contribution in [0.2, 0.25) is 0 Å². The molecule has 1 aliphatic rings. The van der Waals surface area contributed by atoms with E-state index in [0.717, 1.165) is 19.3 Å². The Balaban J connectivity index is 2.35. The quantitative estimate of drug-likeness (QED) is 0.620. The average molecular weight is 249 g/mol. The van der Waals surface area contributed by atoms with Gasteiger partial charge < -0.3 is 10.6 Å². The van der Waals surface area contributed by atoms with Crippen molar-refractivity contribution in [3.05, 3.63) is 28.3 Å². The molecule has 5 nitrogen and oxygen atoms in total. The molecule has 0 spiro atoms. The fraction of sp³-hybridized carbons (Fsp3) is 0.538. The molecule has 1 aromatic rings. The van der Waals surface area contributed by atoms with E-state index < -0.39 is 0 Å². The monoisotopic (exact) mass is 249 g/mol. The second-order valence-electron chi connectivity index (χ2n) is 4.82. The van der Waals surface area contributed by atoms with Crippen molar-refractivity contribution < 1.29 is 4.92 Å². The summed E-state index contributed by atoms with van der Waals surface area (Å²) in [7, 11) is 1.70. The third kappa shape index (κ3) is 2.12. The van der Waals surface area contributed by atoms with Crippen LogP contribution < -0.4 is 10.6 Å². The second kappa shape index (κ2) is 4.84. The molecule has 0 radical (unpaired) electrons. The van der Waals surface area contributed by atoms with E-state index in [2.05, 4.69) is 17.6 Å². The van der Waals surface area contributed by atoms with E-state index in [0.29, 0.717) is 11.4 Å². The van der Waals surface area contributed by atoms with Gasteiger partial charge in [0.2, 0.25) is 0 Å². The summed E-state index contributed by atoms with van der Waals surface area (Å²) in [6, 6.07) is 5.35. The zero-order valence-corrected chi connectivity index (χ0v) is 10.8. The standard InChI is InChI=1S/C13H19N3O2/c1-3-13(8-5-9-13)15-11-7-4-6-10(14-2)12(11)16(17)18/h4,6-7,14-15H,3,5,8-9H2,1-2H3. The van der Waals surface area contributed by atoms with Crippen molar-refractivity contribution in [1.29, 1.82) is 0 Å². The molecular weight excluding hydrogens is 230 g/mol. The highest BCUT2D eigenvalue weighted by atomic mass is 16.6. The van der Waals surface area contributed by atoms with Gasteiger partial charge in [0, 0.05) is 12.6 Å². The van der Waals surface area contributed by atoms with Crippen LogP contribution in [0.5, 0.6) is 0 Å². The molecule has 0 saturated heterocycles. The molecule has 2 rings (SSSR count). The Morgan fingerprint density at radius 3 is 2.50 bits per heavy atom. The first-order valence-electron chi connectivity index (χ1n) is 6.35. The maximum absolute atomic E-state index is 11.2. The largest absolute Gasteiger partial charge is 0.382 e. The Labute approximate surface area is 107 Å². The molecule has 0 amide bonds. The number of hydrogen-bond acceptors (Lipinski definition) is 4. The van der Waals surface area contributed by atoms with Crippen molar-refractivity contribution in [1.82, 2.24) is 0 Å². The number of hydrogen-bond donors (Lipinski definition) is 2. The van der Waals surface area contributed by atoms with Crippen molar-refractivity contribution in [2.24, 2.45) is 0 Å². The zero-order valence-electron chi connectivity index (χ0n) is 10.8. The lowest BCUT2D eigenvalue weighted by atomic mass is 9.74. The van der Waals surface area contributed by atoms with E-state index >= 15 is 0 Å². The molecule has 0 unspecified atom stereocenters. The van der Waals surface area contributed by atoms with Gasteiger partial charge in [0.1, 0.15) is 11.4 Å². The van der Waals surface area contributed by atoms with E-state index in [1.807, 2.05) is 6.07 Å². The molecule has 1 saturated carbocycles. The predicted molar refractivity (Wildman–Crippen MR) is 73.1 cm³/mol. The molecule has 5 heteroatoms. The average Bonchev–Trinajstić information content (AvgIpc) is 2.33. The lowest BCUT2D eigenvalue weighted by Crippen LogP contribution is -2.44. The number of para-hydroxylation sites is 1. The lowest BCUT2D eigenvalue weighted by Gasteiger charge is -2.42. The van der Waals surface area contributed by atoms with Gasteiger partial charge >= 0.3 is 5.69 Å².